The summed E-state index contributed by atoms with van der Waals surface area (Å²) in [6.45, 7) is 2.12. The van der Waals surface area contributed by atoms with Crippen LogP contribution in [0.1, 0.15) is 17.7 Å². The van der Waals surface area contributed by atoms with Crippen LogP contribution in [0, 0.1) is 5.92 Å². The van der Waals surface area contributed by atoms with Gasteiger partial charge in [-0.1, -0.05) is 24.3 Å². The van der Waals surface area contributed by atoms with Crippen molar-refractivity contribution in [2.75, 3.05) is 37.0 Å². The third-order valence-corrected chi connectivity index (χ3v) is 5.94. The van der Waals surface area contributed by atoms with Gasteiger partial charge in [-0.2, -0.15) is 5.10 Å². The number of anilines is 2. The van der Waals surface area contributed by atoms with Crippen molar-refractivity contribution in [3.05, 3.63) is 82.5 Å². The molecule has 1 unspecified atom stereocenters. The van der Waals surface area contributed by atoms with Crippen molar-refractivity contribution in [1.29, 1.82) is 0 Å². The molecule has 3 aromatic rings. The fraction of sp³-hybridized carbons (Fsp3) is 0.360. The van der Waals surface area contributed by atoms with Gasteiger partial charge in [0, 0.05) is 43.8 Å². The third-order valence-electron chi connectivity index (χ3n) is 5.94. The van der Waals surface area contributed by atoms with Crippen LogP contribution in [0.2, 0.25) is 0 Å². The van der Waals surface area contributed by atoms with Crippen LogP contribution in [0.15, 0.2) is 65.7 Å². The summed E-state index contributed by atoms with van der Waals surface area (Å²) < 4.78 is 6.39. The Morgan fingerprint density at radius 2 is 2.03 bits per heavy atom. The van der Waals surface area contributed by atoms with Crippen LogP contribution in [0.4, 0.5) is 11.4 Å². The highest BCUT2D eigenvalue weighted by Crippen LogP contribution is 2.25. The van der Waals surface area contributed by atoms with Gasteiger partial charge in [0.15, 0.2) is 0 Å². The molecule has 0 radical (unpaired) electrons. The molecule has 4 rings (SSSR count). The minimum absolute atomic E-state index is 0.00387. The van der Waals surface area contributed by atoms with Gasteiger partial charge in [-0.3, -0.25) is 14.6 Å². The SMILES string of the molecule is COCCn1ncc(N2CCC(C(=O)Nc3ccccc3CCc3ccccn3)C2)cc1=O. The summed E-state index contributed by atoms with van der Waals surface area (Å²) in [5, 5.41) is 7.35. The van der Waals surface area contributed by atoms with Gasteiger partial charge in [0.1, 0.15) is 0 Å². The van der Waals surface area contributed by atoms with Gasteiger partial charge in [0.2, 0.25) is 5.91 Å². The van der Waals surface area contributed by atoms with Crippen LogP contribution in [-0.4, -0.2) is 47.5 Å². The molecule has 1 amide bonds. The zero-order valence-electron chi connectivity index (χ0n) is 18.8. The molecule has 1 aliphatic rings. The lowest BCUT2D eigenvalue weighted by atomic mass is 10.0. The van der Waals surface area contributed by atoms with Gasteiger partial charge < -0.3 is 15.0 Å². The minimum atomic E-state index is -0.167. The topological polar surface area (TPSA) is 89.3 Å². The molecule has 1 fully saturated rings. The number of carbonyl (C=O) groups excluding carboxylic acids is 1. The first-order valence-corrected chi connectivity index (χ1v) is 11.2. The molecule has 1 aliphatic heterocycles. The summed E-state index contributed by atoms with van der Waals surface area (Å²) in [6.07, 6.45) is 5.83. The van der Waals surface area contributed by atoms with Crippen molar-refractivity contribution in [3.63, 3.8) is 0 Å². The van der Waals surface area contributed by atoms with E-state index in [1.165, 1.54) is 4.68 Å². The van der Waals surface area contributed by atoms with Gasteiger partial charge in [-0.05, 0) is 43.0 Å². The Morgan fingerprint density at radius 3 is 2.82 bits per heavy atom. The minimum Gasteiger partial charge on any atom is -0.383 e. The van der Waals surface area contributed by atoms with Gasteiger partial charge >= 0.3 is 0 Å². The number of nitrogens with zero attached hydrogens (tertiary/aromatic N) is 4. The maximum atomic E-state index is 13.0. The number of benzene rings is 1. The van der Waals surface area contributed by atoms with E-state index in [0.717, 1.165) is 41.9 Å². The number of aryl methyl sites for hydroxylation is 2. The van der Waals surface area contributed by atoms with E-state index in [2.05, 4.69) is 15.4 Å². The van der Waals surface area contributed by atoms with Crippen LogP contribution in [0.25, 0.3) is 0 Å². The Kier molecular flexibility index (Phi) is 7.47. The average Bonchev–Trinajstić information content (AvgIpc) is 3.34. The third kappa shape index (κ3) is 5.84. The maximum absolute atomic E-state index is 13.0. The Morgan fingerprint density at radius 1 is 1.18 bits per heavy atom. The summed E-state index contributed by atoms with van der Waals surface area (Å²) in [7, 11) is 1.59. The van der Waals surface area contributed by atoms with Gasteiger partial charge in [0.05, 0.1) is 31.0 Å². The molecule has 1 saturated heterocycles. The lowest BCUT2D eigenvalue weighted by molar-refractivity contribution is -0.119. The average molecular weight is 448 g/mol. The summed E-state index contributed by atoms with van der Waals surface area (Å²) in [4.78, 5) is 31.7. The lowest BCUT2D eigenvalue weighted by Crippen LogP contribution is -2.29. The Labute approximate surface area is 193 Å². The second-order valence-corrected chi connectivity index (χ2v) is 8.17. The van der Waals surface area contributed by atoms with E-state index in [1.54, 1.807) is 25.6 Å². The fourth-order valence-electron chi connectivity index (χ4n) is 4.06. The van der Waals surface area contributed by atoms with E-state index >= 15 is 0 Å². The first kappa shape index (κ1) is 22.7. The van der Waals surface area contributed by atoms with E-state index in [-0.39, 0.29) is 17.4 Å². The first-order valence-electron chi connectivity index (χ1n) is 11.2. The van der Waals surface area contributed by atoms with Crippen molar-refractivity contribution < 1.29 is 9.53 Å². The molecule has 0 spiro atoms. The standard InChI is InChI=1S/C25H29N5O3/c1-33-15-14-30-24(31)16-22(17-27-30)29-13-11-20(18-29)25(32)28-23-8-3-2-6-19(23)9-10-21-7-4-5-12-26-21/h2-8,12,16-17,20H,9-11,13-15,18H2,1H3,(H,28,32). The number of rotatable bonds is 9. The smallest absolute Gasteiger partial charge is 0.268 e. The molecular formula is C25H29N5O3. The second-order valence-electron chi connectivity index (χ2n) is 8.17. The van der Waals surface area contributed by atoms with Gasteiger partial charge in [-0.25, -0.2) is 4.68 Å². The van der Waals surface area contributed by atoms with Crippen LogP contribution < -0.4 is 15.8 Å². The first-order chi connectivity index (χ1) is 16.1. The summed E-state index contributed by atoms with van der Waals surface area (Å²) >= 11 is 0. The Balaban J connectivity index is 1.36. The zero-order valence-corrected chi connectivity index (χ0v) is 18.8. The quantitative estimate of drug-likeness (QED) is 0.542. The number of para-hydroxylation sites is 1. The van der Waals surface area contributed by atoms with Crippen LogP contribution >= 0.6 is 0 Å². The van der Waals surface area contributed by atoms with E-state index in [0.29, 0.717) is 26.2 Å². The van der Waals surface area contributed by atoms with E-state index in [9.17, 15) is 9.59 Å². The molecule has 0 bridgehead atoms. The van der Waals surface area contributed by atoms with Crippen molar-refractivity contribution in [1.82, 2.24) is 14.8 Å². The maximum Gasteiger partial charge on any atom is 0.268 e. The fourth-order valence-corrected chi connectivity index (χ4v) is 4.06. The largest absolute Gasteiger partial charge is 0.383 e. The molecular weight excluding hydrogens is 418 g/mol. The molecule has 2 aromatic heterocycles. The number of ether oxygens (including phenoxy) is 1. The molecule has 33 heavy (non-hydrogen) atoms. The molecule has 172 valence electrons. The highest BCUT2D eigenvalue weighted by Gasteiger charge is 2.29. The zero-order chi connectivity index (χ0) is 23.0. The van der Waals surface area contributed by atoms with Crippen LogP contribution in [0.3, 0.4) is 0 Å². The lowest BCUT2D eigenvalue weighted by Gasteiger charge is -2.19. The Hall–Kier alpha value is -3.52. The molecule has 8 nitrogen and oxygen atoms in total. The highest BCUT2D eigenvalue weighted by atomic mass is 16.5. The monoisotopic (exact) mass is 447 g/mol. The number of hydrogen-bond donors (Lipinski definition) is 1. The number of nitrogens with one attached hydrogen (secondary N) is 1. The molecule has 1 N–H and O–H groups in total. The number of methoxy groups -OCH3 is 1. The van der Waals surface area contributed by atoms with Crippen molar-refractivity contribution in [2.45, 2.75) is 25.8 Å². The second kappa shape index (κ2) is 10.9. The normalized spacial score (nSPS) is 15.5. The number of hydrogen-bond acceptors (Lipinski definition) is 6. The van der Waals surface area contributed by atoms with E-state index in [4.69, 9.17) is 4.74 Å². The van der Waals surface area contributed by atoms with E-state index < -0.39 is 0 Å². The summed E-state index contributed by atoms with van der Waals surface area (Å²) in [6, 6.07) is 15.4. The van der Waals surface area contributed by atoms with Crippen molar-refractivity contribution in [3.8, 4) is 0 Å². The molecule has 3 heterocycles. The molecule has 8 heteroatoms. The predicted molar refractivity (Wildman–Crippen MR) is 127 cm³/mol. The van der Waals surface area contributed by atoms with Crippen molar-refractivity contribution in [2.24, 2.45) is 5.92 Å². The summed E-state index contributed by atoms with van der Waals surface area (Å²) in [5.41, 5.74) is 3.55. The summed E-state index contributed by atoms with van der Waals surface area (Å²) in [5.74, 6) is -0.144. The number of amides is 1. The predicted octanol–water partition coefficient (Wildman–Crippen LogP) is 2.53. The number of aromatic nitrogens is 3. The van der Waals surface area contributed by atoms with Gasteiger partial charge in [-0.15, -0.1) is 0 Å². The molecule has 0 saturated carbocycles. The van der Waals surface area contributed by atoms with Crippen LogP contribution in [0.5, 0.6) is 0 Å². The molecule has 1 aromatic carbocycles. The van der Waals surface area contributed by atoms with E-state index in [1.807, 2.05) is 47.4 Å². The van der Waals surface area contributed by atoms with Gasteiger partial charge in [0.25, 0.3) is 5.56 Å². The van der Waals surface area contributed by atoms with Crippen LogP contribution in [-0.2, 0) is 28.9 Å². The Bertz CT molecular complexity index is 1130. The van der Waals surface area contributed by atoms with Crippen molar-refractivity contribution >= 4 is 17.3 Å². The highest BCUT2D eigenvalue weighted by molar-refractivity contribution is 5.94. The molecule has 1 atom stereocenters. The molecule has 0 aliphatic carbocycles. The number of carbonyl (C=O) groups is 1. The number of pyridine rings is 1.